The Kier molecular flexibility index (Phi) is 4.74. The van der Waals surface area contributed by atoms with Gasteiger partial charge in [0.1, 0.15) is 0 Å². The number of nitrogens with one attached hydrogen (secondary N) is 1. The second kappa shape index (κ2) is 6.74. The van der Waals surface area contributed by atoms with Crippen LogP contribution < -0.4 is 5.32 Å². The van der Waals surface area contributed by atoms with E-state index in [1.54, 1.807) is 11.1 Å². The first-order valence-corrected chi connectivity index (χ1v) is 10.4. The number of methoxy groups -OCH3 is 1. The molecule has 0 aromatic rings. The van der Waals surface area contributed by atoms with E-state index in [0.717, 1.165) is 49.3 Å². The van der Waals surface area contributed by atoms with Crippen LogP contribution in [0, 0.1) is 29.1 Å². The number of aliphatic hydroxyl groups excluding tert-OH is 1. The van der Waals surface area contributed by atoms with E-state index < -0.39 is 0 Å². The summed E-state index contributed by atoms with van der Waals surface area (Å²) >= 11 is 0. The highest BCUT2D eigenvalue weighted by molar-refractivity contribution is 5.36. The van der Waals surface area contributed by atoms with Crippen molar-refractivity contribution in [2.75, 3.05) is 20.7 Å². The second-order valence-corrected chi connectivity index (χ2v) is 8.87. The lowest BCUT2D eigenvalue weighted by molar-refractivity contribution is -0.0483. The van der Waals surface area contributed by atoms with Crippen LogP contribution in [-0.4, -0.2) is 31.9 Å². The Balaban J connectivity index is 1.66. The molecule has 4 aliphatic carbocycles. The molecule has 0 aliphatic heterocycles. The van der Waals surface area contributed by atoms with E-state index in [4.69, 9.17) is 4.74 Å². The summed E-state index contributed by atoms with van der Waals surface area (Å²) in [7, 11) is 3.88. The van der Waals surface area contributed by atoms with Gasteiger partial charge in [0, 0.05) is 18.9 Å². The number of aliphatic hydroxyl groups is 1. The van der Waals surface area contributed by atoms with Crippen LogP contribution in [0.15, 0.2) is 23.0 Å². The van der Waals surface area contributed by atoms with Gasteiger partial charge in [-0.15, -0.1) is 0 Å². The summed E-state index contributed by atoms with van der Waals surface area (Å²) in [6.45, 7) is 3.33. The van der Waals surface area contributed by atoms with Gasteiger partial charge < -0.3 is 15.2 Å². The first kappa shape index (κ1) is 17.6. The standard InChI is InChI=1S/C22H35NO2/c1-4-22-10-9-18-17(19(22)7-8-20(22)24)6-5-14-11-16(25-3)12-15(13-23-2)21(14)18/h12,15,17-20,23-24H,4-11,13H2,1-3H3/t15?,17-,18+,19+,20+,22+/m1/s1. The van der Waals surface area contributed by atoms with Crippen molar-refractivity contribution in [1.29, 1.82) is 0 Å². The van der Waals surface area contributed by atoms with Gasteiger partial charge in [0.05, 0.1) is 19.0 Å². The third-order valence-corrected chi connectivity index (χ3v) is 8.21. The van der Waals surface area contributed by atoms with Gasteiger partial charge in [0.2, 0.25) is 0 Å². The van der Waals surface area contributed by atoms with Gasteiger partial charge in [-0.1, -0.05) is 18.1 Å². The molecule has 6 atom stereocenters. The molecule has 0 bridgehead atoms. The van der Waals surface area contributed by atoms with Crippen LogP contribution in [0.2, 0.25) is 0 Å². The lowest BCUT2D eigenvalue weighted by atomic mass is 9.52. The molecule has 0 saturated heterocycles. The summed E-state index contributed by atoms with van der Waals surface area (Å²) in [5.41, 5.74) is 3.64. The van der Waals surface area contributed by atoms with E-state index >= 15 is 0 Å². The molecule has 0 aromatic heterocycles. The predicted molar refractivity (Wildman–Crippen MR) is 101 cm³/mol. The molecule has 0 amide bonds. The number of rotatable bonds is 4. The van der Waals surface area contributed by atoms with Crippen LogP contribution in [0.4, 0.5) is 0 Å². The van der Waals surface area contributed by atoms with E-state index in [-0.39, 0.29) is 11.5 Å². The molecule has 0 aromatic carbocycles. The highest BCUT2D eigenvalue weighted by Crippen LogP contribution is 2.62. The van der Waals surface area contributed by atoms with Crippen molar-refractivity contribution in [1.82, 2.24) is 5.32 Å². The molecule has 1 unspecified atom stereocenters. The van der Waals surface area contributed by atoms with Crippen molar-refractivity contribution >= 4 is 0 Å². The summed E-state index contributed by atoms with van der Waals surface area (Å²) < 4.78 is 5.64. The number of fused-ring (bicyclic) bond motifs is 4. The maximum absolute atomic E-state index is 10.8. The van der Waals surface area contributed by atoms with Gasteiger partial charge in [-0.25, -0.2) is 0 Å². The lowest BCUT2D eigenvalue weighted by Crippen LogP contribution is -2.47. The maximum Gasteiger partial charge on any atom is 0.0962 e. The van der Waals surface area contributed by atoms with Gasteiger partial charge in [-0.2, -0.15) is 0 Å². The van der Waals surface area contributed by atoms with Crippen LogP contribution in [0.25, 0.3) is 0 Å². The predicted octanol–water partition coefficient (Wildman–Crippen LogP) is 4.04. The third-order valence-electron chi connectivity index (χ3n) is 8.21. The second-order valence-electron chi connectivity index (χ2n) is 8.87. The van der Waals surface area contributed by atoms with E-state index in [0.29, 0.717) is 5.92 Å². The molecule has 3 nitrogen and oxygen atoms in total. The Labute approximate surface area is 152 Å². The average Bonchev–Trinajstić information content (AvgIpc) is 2.98. The molecule has 2 N–H and O–H groups in total. The quantitative estimate of drug-likeness (QED) is 0.756. The summed E-state index contributed by atoms with van der Waals surface area (Å²) in [5, 5.41) is 14.2. The molecule has 4 aliphatic rings. The van der Waals surface area contributed by atoms with E-state index in [2.05, 4.69) is 25.4 Å². The van der Waals surface area contributed by atoms with Crippen molar-refractivity contribution in [3.8, 4) is 0 Å². The largest absolute Gasteiger partial charge is 0.501 e. The SMILES string of the molecule is CC[C@]12CC[C@@H]3C4=C(CC[C@H]3[C@@H]1CC[C@@H]2O)CC(OC)=CC4CNC. The highest BCUT2D eigenvalue weighted by Gasteiger charge is 2.56. The van der Waals surface area contributed by atoms with E-state index in [1.807, 2.05) is 7.11 Å². The smallest absolute Gasteiger partial charge is 0.0962 e. The van der Waals surface area contributed by atoms with Crippen LogP contribution >= 0.6 is 0 Å². The molecule has 2 fully saturated rings. The minimum atomic E-state index is -0.0572. The summed E-state index contributed by atoms with van der Waals surface area (Å²) in [5.74, 6) is 3.93. The maximum atomic E-state index is 10.8. The Morgan fingerprint density at radius 2 is 2.12 bits per heavy atom. The van der Waals surface area contributed by atoms with Gasteiger partial charge in [0.25, 0.3) is 0 Å². The fraction of sp³-hybridized carbons (Fsp3) is 0.818. The number of ether oxygens (including phenoxy) is 1. The summed E-state index contributed by atoms with van der Waals surface area (Å²) in [4.78, 5) is 0. The molecule has 140 valence electrons. The third kappa shape index (κ3) is 2.61. The van der Waals surface area contributed by atoms with Gasteiger partial charge in [-0.3, -0.25) is 0 Å². The summed E-state index contributed by atoms with van der Waals surface area (Å²) in [6, 6.07) is 0. The fourth-order valence-corrected chi connectivity index (χ4v) is 7.12. The lowest BCUT2D eigenvalue weighted by Gasteiger charge is -2.53. The summed E-state index contributed by atoms with van der Waals surface area (Å²) in [6.07, 6.45) is 11.8. The molecule has 25 heavy (non-hydrogen) atoms. The molecular formula is C22H35NO2. The molecule has 4 rings (SSSR count). The zero-order chi connectivity index (χ0) is 17.6. The number of hydrogen-bond acceptors (Lipinski definition) is 3. The molecule has 2 saturated carbocycles. The first-order valence-electron chi connectivity index (χ1n) is 10.4. The van der Waals surface area contributed by atoms with Crippen LogP contribution in [0.1, 0.15) is 58.3 Å². The first-order chi connectivity index (χ1) is 12.1. The molecule has 0 spiro atoms. The van der Waals surface area contributed by atoms with Crippen molar-refractivity contribution in [2.24, 2.45) is 29.1 Å². The minimum Gasteiger partial charge on any atom is -0.501 e. The van der Waals surface area contributed by atoms with Crippen molar-refractivity contribution in [3.05, 3.63) is 23.0 Å². The Morgan fingerprint density at radius 3 is 2.84 bits per heavy atom. The van der Waals surface area contributed by atoms with Crippen molar-refractivity contribution in [3.63, 3.8) is 0 Å². The molecule has 3 heteroatoms. The molecular weight excluding hydrogens is 310 g/mol. The number of hydrogen-bond donors (Lipinski definition) is 2. The monoisotopic (exact) mass is 345 g/mol. The van der Waals surface area contributed by atoms with Gasteiger partial charge in [-0.05, 0) is 81.2 Å². The van der Waals surface area contributed by atoms with E-state index in [9.17, 15) is 5.11 Å². The zero-order valence-corrected chi connectivity index (χ0v) is 16.2. The van der Waals surface area contributed by atoms with Gasteiger partial charge in [0.15, 0.2) is 0 Å². The number of allylic oxidation sites excluding steroid dienone is 1. The highest BCUT2D eigenvalue weighted by atomic mass is 16.5. The van der Waals surface area contributed by atoms with Crippen LogP contribution in [0.3, 0.4) is 0 Å². The van der Waals surface area contributed by atoms with Crippen LogP contribution in [-0.2, 0) is 4.74 Å². The molecule has 0 radical (unpaired) electrons. The Bertz CT molecular complexity index is 581. The fourth-order valence-electron chi connectivity index (χ4n) is 7.12. The van der Waals surface area contributed by atoms with Crippen LogP contribution in [0.5, 0.6) is 0 Å². The normalized spacial score (nSPS) is 43.2. The Morgan fingerprint density at radius 1 is 1.28 bits per heavy atom. The van der Waals surface area contributed by atoms with Crippen molar-refractivity contribution in [2.45, 2.75) is 64.4 Å². The van der Waals surface area contributed by atoms with E-state index in [1.165, 1.54) is 32.1 Å². The van der Waals surface area contributed by atoms with Crippen molar-refractivity contribution < 1.29 is 9.84 Å². The average molecular weight is 346 g/mol. The molecule has 0 heterocycles. The Hall–Kier alpha value is -0.800. The topological polar surface area (TPSA) is 41.5 Å². The minimum absolute atomic E-state index is 0.0572. The zero-order valence-electron chi connectivity index (χ0n) is 16.2. The van der Waals surface area contributed by atoms with Gasteiger partial charge >= 0.3 is 0 Å².